The van der Waals surface area contributed by atoms with Crippen molar-refractivity contribution in [2.24, 2.45) is 0 Å². The Kier molecular flexibility index (Phi) is 4.97. The summed E-state index contributed by atoms with van der Waals surface area (Å²) in [5.74, 6) is -0.680. The van der Waals surface area contributed by atoms with Crippen LogP contribution < -0.4 is 10.2 Å². The molecule has 2 aliphatic rings. The Bertz CT molecular complexity index is 1120. The van der Waals surface area contributed by atoms with Gasteiger partial charge in [-0.05, 0) is 62.1 Å². The summed E-state index contributed by atoms with van der Waals surface area (Å²) in [5, 5.41) is 14.0. The van der Waals surface area contributed by atoms with E-state index in [1.165, 1.54) is 0 Å². The third-order valence-corrected chi connectivity index (χ3v) is 6.23. The lowest BCUT2D eigenvalue weighted by atomic mass is 10.0. The normalized spacial score (nSPS) is 22.9. The van der Waals surface area contributed by atoms with E-state index in [4.69, 9.17) is 4.98 Å². The van der Waals surface area contributed by atoms with Gasteiger partial charge in [0.25, 0.3) is 0 Å². The number of nitrogens with one attached hydrogen (secondary N) is 1. The minimum atomic E-state index is -1.18. The molecule has 2 fully saturated rings. The van der Waals surface area contributed by atoms with Crippen molar-refractivity contribution in [1.82, 2.24) is 9.97 Å². The number of aromatic nitrogens is 2. The van der Waals surface area contributed by atoms with Gasteiger partial charge in [0, 0.05) is 18.2 Å². The van der Waals surface area contributed by atoms with Crippen LogP contribution in [-0.2, 0) is 0 Å². The zero-order chi connectivity index (χ0) is 21.6. The first-order valence-corrected chi connectivity index (χ1v) is 10.5. The highest BCUT2D eigenvalue weighted by molar-refractivity contribution is 5.88. The van der Waals surface area contributed by atoms with Crippen LogP contribution in [0, 0.1) is 11.6 Å². The largest absolute Gasteiger partial charge is 0.371 e. The summed E-state index contributed by atoms with van der Waals surface area (Å²) >= 11 is 0. The van der Waals surface area contributed by atoms with Gasteiger partial charge in [-0.1, -0.05) is 0 Å². The Morgan fingerprint density at radius 1 is 1.10 bits per heavy atom. The molecule has 5 nitrogen and oxygen atoms in total. The zero-order valence-corrected chi connectivity index (χ0v) is 16.9. The van der Waals surface area contributed by atoms with E-state index >= 15 is 0 Å². The van der Waals surface area contributed by atoms with Crippen LogP contribution in [0.25, 0.3) is 11.0 Å². The molecular weight excluding hydrogens is 405 g/mol. The number of aliphatic hydroxyl groups is 1. The van der Waals surface area contributed by atoms with Crippen LogP contribution in [0.1, 0.15) is 43.7 Å². The van der Waals surface area contributed by atoms with Crippen LogP contribution >= 0.6 is 0 Å². The van der Waals surface area contributed by atoms with Crippen molar-refractivity contribution < 1.29 is 18.3 Å². The third-order valence-electron chi connectivity index (χ3n) is 6.23. The van der Waals surface area contributed by atoms with Gasteiger partial charge < -0.3 is 15.3 Å². The number of nitrogens with zero attached hydrogens (tertiary/aromatic N) is 3. The molecule has 162 valence electrons. The molecular formula is C23H23F3N4O. The maximum absolute atomic E-state index is 14.4. The number of pyridine rings is 2. The smallest absolute Gasteiger partial charge is 0.135 e. The van der Waals surface area contributed by atoms with E-state index in [1.807, 2.05) is 0 Å². The number of rotatable bonds is 4. The second-order valence-electron chi connectivity index (χ2n) is 8.43. The number of benzene rings is 1. The van der Waals surface area contributed by atoms with Crippen molar-refractivity contribution in [3.8, 4) is 0 Å². The predicted octanol–water partition coefficient (Wildman–Crippen LogP) is 4.87. The Morgan fingerprint density at radius 3 is 2.71 bits per heavy atom. The second-order valence-corrected chi connectivity index (χ2v) is 8.43. The maximum Gasteiger partial charge on any atom is 0.135 e. The van der Waals surface area contributed by atoms with Gasteiger partial charge >= 0.3 is 0 Å². The minimum absolute atomic E-state index is 0.0338. The summed E-state index contributed by atoms with van der Waals surface area (Å²) in [4.78, 5) is 10.7. The molecule has 1 aromatic carbocycles. The lowest BCUT2D eigenvalue weighted by Gasteiger charge is -2.27. The molecule has 0 radical (unpaired) electrons. The van der Waals surface area contributed by atoms with E-state index in [1.54, 1.807) is 29.3 Å². The first-order chi connectivity index (χ1) is 14.9. The van der Waals surface area contributed by atoms with Crippen molar-refractivity contribution in [3.63, 3.8) is 0 Å². The molecule has 2 N–H and O–H groups in total. The quantitative estimate of drug-likeness (QED) is 0.581. The molecule has 1 saturated heterocycles. The monoisotopic (exact) mass is 428 g/mol. The van der Waals surface area contributed by atoms with E-state index in [9.17, 15) is 18.3 Å². The van der Waals surface area contributed by atoms with Crippen LogP contribution in [0.15, 0.2) is 42.6 Å². The minimum Gasteiger partial charge on any atom is -0.371 e. The summed E-state index contributed by atoms with van der Waals surface area (Å²) in [5.41, 5.74) is 0.935. The standard InChI is InChI=1S/C23H23F3N4O/c24-14-3-4-17(26)16(11-14)20-12-15(25)13-30(20)21-6-5-18-22(28-21)19(7-10-27-18)29-23(31)8-1-2-9-23/h3-7,10-11,15,20,31H,1-2,8-9,12-13H2,(H,27,29)/t15-,20+/m0/s1. The Hall–Kier alpha value is -2.87. The molecule has 2 aromatic heterocycles. The lowest BCUT2D eigenvalue weighted by Crippen LogP contribution is -2.34. The number of hydrogen-bond donors (Lipinski definition) is 2. The number of alkyl halides is 1. The van der Waals surface area contributed by atoms with Gasteiger partial charge in [-0.2, -0.15) is 0 Å². The fraction of sp³-hybridized carbons (Fsp3) is 0.391. The topological polar surface area (TPSA) is 61.3 Å². The first-order valence-electron chi connectivity index (χ1n) is 10.5. The summed E-state index contributed by atoms with van der Waals surface area (Å²) in [6, 6.07) is 7.81. The molecule has 8 heteroatoms. The van der Waals surface area contributed by atoms with E-state index in [0.29, 0.717) is 35.4 Å². The van der Waals surface area contributed by atoms with E-state index in [0.717, 1.165) is 31.0 Å². The molecule has 5 rings (SSSR count). The summed E-state index contributed by atoms with van der Waals surface area (Å²) in [6.07, 6.45) is 3.69. The highest BCUT2D eigenvalue weighted by Crippen LogP contribution is 2.39. The van der Waals surface area contributed by atoms with Gasteiger partial charge in [0.05, 0.1) is 23.8 Å². The molecule has 3 aromatic rings. The molecule has 1 aliphatic carbocycles. The summed E-state index contributed by atoms with van der Waals surface area (Å²) in [6.45, 7) is 0.0338. The maximum atomic E-state index is 14.4. The zero-order valence-electron chi connectivity index (χ0n) is 16.9. The molecule has 31 heavy (non-hydrogen) atoms. The number of anilines is 2. The number of hydrogen-bond acceptors (Lipinski definition) is 5. The highest BCUT2D eigenvalue weighted by atomic mass is 19.1. The average Bonchev–Trinajstić information content (AvgIpc) is 3.35. The van der Waals surface area contributed by atoms with Gasteiger partial charge in [-0.25, -0.2) is 18.2 Å². The summed E-state index contributed by atoms with van der Waals surface area (Å²) in [7, 11) is 0. The van der Waals surface area contributed by atoms with Gasteiger partial charge in [0.15, 0.2) is 0 Å². The molecule has 3 heterocycles. The Balaban J connectivity index is 1.54. The Morgan fingerprint density at radius 2 is 1.90 bits per heavy atom. The number of fused-ring (bicyclic) bond motifs is 1. The molecule has 0 spiro atoms. The van der Waals surface area contributed by atoms with Crippen molar-refractivity contribution >= 4 is 22.5 Å². The van der Waals surface area contributed by atoms with Crippen LogP contribution in [0.3, 0.4) is 0 Å². The third kappa shape index (κ3) is 3.80. The van der Waals surface area contributed by atoms with E-state index < -0.39 is 29.6 Å². The molecule has 0 bridgehead atoms. The van der Waals surface area contributed by atoms with E-state index in [2.05, 4.69) is 10.3 Å². The molecule has 1 saturated carbocycles. The highest BCUT2D eigenvalue weighted by Gasteiger charge is 2.36. The molecule has 1 aliphatic heterocycles. The van der Waals surface area contributed by atoms with Gasteiger partial charge in [-0.15, -0.1) is 0 Å². The van der Waals surface area contributed by atoms with Crippen LogP contribution in [-0.4, -0.2) is 33.5 Å². The van der Waals surface area contributed by atoms with Crippen molar-refractivity contribution in [3.05, 3.63) is 59.8 Å². The molecule has 0 amide bonds. The van der Waals surface area contributed by atoms with Crippen molar-refractivity contribution in [2.75, 3.05) is 16.8 Å². The lowest BCUT2D eigenvalue weighted by molar-refractivity contribution is 0.0780. The second kappa shape index (κ2) is 7.67. The van der Waals surface area contributed by atoms with Crippen LogP contribution in [0.2, 0.25) is 0 Å². The van der Waals surface area contributed by atoms with E-state index in [-0.39, 0.29) is 18.5 Å². The SMILES string of the molecule is OC1(Nc2ccnc3ccc(N4C[C@@H](F)C[C@@H]4c4cc(F)ccc4F)nc23)CCCC1. The fourth-order valence-electron chi connectivity index (χ4n) is 4.71. The number of halogens is 3. The van der Waals surface area contributed by atoms with Gasteiger partial charge in [0.2, 0.25) is 0 Å². The van der Waals surface area contributed by atoms with Crippen LogP contribution in [0.5, 0.6) is 0 Å². The fourth-order valence-corrected chi connectivity index (χ4v) is 4.71. The van der Waals surface area contributed by atoms with Crippen LogP contribution in [0.4, 0.5) is 24.7 Å². The Labute approximate surface area is 177 Å². The molecule has 0 unspecified atom stereocenters. The average molecular weight is 428 g/mol. The van der Waals surface area contributed by atoms with Gasteiger partial charge in [-0.3, -0.25) is 4.98 Å². The molecule has 2 atom stereocenters. The predicted molar refractivity (Wildman–Crippen MR) is 113 cm³/mol. The summed E-state index contributed by atoms with van der Waals surface area (Å²) < 4.78 is 42.6. The van der Waals surface area contributed by atoms with Crippen molar-refractivity contribution in [2.45, 2.75) is 50.0 Å². The van der Waals surface area contributed by atoms with Gasteiger partial charge in [0.1, 0.15) is 34.9 Å². The first kappa shape index (κ1) is 20.1. The van der Waals surface area contributed by atoms with Crippen molar-refractivity contribution in [1.29, 1.82) is 0 Å².